The van der Waals surface area contributed by atoms with Crippen LogP contribution >= 0.6 is 11.6 Å². The number of amides is 1. The van der Waals surface area contributed by atoms with Crippen molar-refractivity contribution < 1.29 is 9.32 Å². The summed E-state index contributed by atoms with van der Waals surface area (Å²) in [6, 6.07) is 7.52. The number of rotatable bonds is 7. The number of carbonyl (C=O) groups excluding carboxylic acids is 1. The van der Waals surface area contributed by atoms with Crippen LogP contribution in [0.15, 0.2) is 33.8 Å². The van der Waals surface area contributed by atoms with E-state index in [9.17, 15) is 4.79 Å². The van der Waals surface area contributed by atoms with E-state index >= 15 is 0 Å². The zero-order valence-corrected chi connectivity index (χ0v) is 17.6. The van der Waals surface area contributed by atoms with Gasteiger partial charge in [-0.2, -0.15) is 4.98 Å². The molecule has 1 unspecified atom stereocenters. The highest BCUT2D eigenvalue weighted by Crippen LogP contribution is 2.18. The smallest absolute Gasteiger partial charge is 0.228 e. The second-order valence-electron chi connectivity index (χ2n) is 6.85. The summed E-state index contributed by atoms with van der Waals surface area (Å²) in [5.74, 6) is 2.01. The number of carbonyl (C=O) groups is 1. The van der Waals surface area contributed by atoms with Crippen LogP contribution in [-0.2, 0) is 11.2 Å². The maximum absolute atomic E-state index is 11.8. The standard InChI is InChI=1S/C20H27ClN6O2/c1-3-18(28)27-12-10-16(13-27)24-20(22-4-2)23-11-9-17-25-19(26-29-17)14-5-7-15(21)8-6-14/h5-8,16H,3-4,9-13H2,1-2H3,(H2,22,23,24). The van der Waals surface area contributed by atoms with Crippen molar-refractivity contribution in [1.82, 2.24) is 25.7 Å². The molecule has 2 heterocycles. The lowest BCUT2D eigenvalue weighted by molar-refractivity contribution is -0.129. The summed E-state index contributed by atoms with van der Waals surface area (Å²) in [5, 5.41) is 11.3. The number of nitrogens with zero attached hydrogens (tertiary/aromatic N) is 4. The molecule has 156 valence electrons. The van der Waals surface area contributed by atoms with Gasteiger partial charge in [0.2, 0.25) is 17.6 Å². The van der Waals surface area contributed by atoms with Gasteiger partial charge in [0.25, 0.3) is 0 Å². The fourth-order valence-electron chi connectivity index (χ4n) is 3.18. The number of aliphatic imine (C=N–C) groups is 1. The lowest BCUT2D eigenvalue weighted by atomic mass is 10.2. The molecule has 1 saturated heterocycles. The lowest BCUT2D eigenvalue weighted by Crippen LogP contribution is -2.45. The van der Waals surface area contributed by atoms with Crippen molar-refractivity contribution in [3.05, 3.63) is 35.2 Å². The van der Waals surface area contributed by atoms with Crippen molar-refractivity contribution in [2.24, 2.45) is 4.99 Å². The zero-order chi connectivity index (χ0) is 20.6. The van der Waals surface area contributed by atoms with Gasteiger partial charge in [-0.1, -0.05) is 23.7 Å². The number of halogens is 1. The Morgan fingerprint density at radius 2 is 2.14 bits per heavy atom. The van der Waals surface area contributed by atoms with E-state index in [1.54, 1.807) is 12.1 Å². The highest BCUT2D eigenvalue weighted by atomic mass is 35.5. The molecule has 1 atom stereocenters. The number of benzene rings is 1. The van der Waals surface area contributed by atoms with E-state index in [-0.39, 0.29) is 11.9 Å². The summed E-state index contributed by atoms with van der Waals surface area (Å²) in [4.78, 5) is 22.8. The fourth-order valence-corrected chi connectivity index (χ4v) is 3.30. The summed E-state index contributed by atoms with van der Waals surface area (Å²) in [5.41, 5.74) is 0.857. The van der Waals surface area contributed by atoms with Gasteiger partial charge in [-0.3, -0.25) is 9.79 Å². The largest absolute Gasteiger partial charge is 0.357 e. The van der Waals surface area contributed by atoms with Crippen molar-refractivity contribution in [3.8, 4) is 11.4 Å². The van der Waals surface area contributed by atoms with Crippen LogP contribution in [0.1, 0.15) is 32.6 Å². The monoisotopic (exact) mass is 418 g/mol. The number of likely N-dealkylation sites (tertiary alicyclic amines) is 1. The summed E-state index contributed by atoms with van der Waals surface area (Å²) in [7, 11) is 0. The van der Waals surface area contributed by atoms with E-state index in [0.717, 1.165) is 31.0 Å². The van der Waals surface area contributed by atoms with Gasteiger partial charge in [0.15, 0.2) is 5.96 Å². The zero-order valence-electron chi connectivity index (χ0n) is 16.8. The molecule has 0 aliphatic carbocycles. The van der Waals surface area contributed by atoms with Gasteiger partial charge >= 0.3 is 0 Å². The minimum absolute atomic E-state index is 0.198. The first-order valence-electron chi connectivity index (χ1n) is 10.00. The van der Waals surface area contributed by atoms with Gasteiger partial charge in [-0.15, -0.1) is 0 Å². The van der Waals surface area contributed by atoms with Crippen molar-refractivity contribution in [2.45, 2.75) is 39.2 Å². The molecule has 1 aromatic carbocycles. The van der Waals surface area contributed by atoms with Gasteiger partial charge in [-0.25, -0.2) is 0 Å². The SMILES string of the molecule is CCNC(=NCCc1nc(-c2ccc(Cl)cc2)no1)NC1CCN(C(=O)CC)C1. The van der Waals surface area contributed by atoms with Crippen LogP contribution in [0, 0.1) is 0 Å². The Balaban J connectivity index is 1.53. The van der Waals surface area contributed by atoms with Crippen LogP contribution in [-0.4, -0.2) is 59.1 Å². The van der Waals surface area contributed by atoms with E-state index in [1.165, 1.54) is 0 Å². The Kier molecular flexibility index (Phi) is 7.46. The summed E-state index contributed by atoms with van der Waals surface area (Å²) < 4.78 is 5.33. The first kappa shape index (κ1) is 21.1. The van der Waals surface area contributed by atoms with Crippen LogP contribution in [0.2, 0.25) is 5.02 Å². The molecule has 0 radical (unpaired) electrons. The van der Waals surface area contributed by atoms with Gasteiger partial charge in [0, 0.05) is 49.1 Å². The Morgan fingerprint density at radius 3 is 2.86 bits per heavy atom. The van der Waals surface area contributed by atoms with Gasteiger partial charge < -0.3 is 20.1 Å². The van der Waals surface area contributed by atoms with E-state index in [1.807, 2.05) is 30.9 Å². The third-order valence-electron chi connectivity index (χ3n) is 4.69. The van der Waals surface area contributed by atoms with Gasteiger partial charge in [0.05, 0.1) is 6.54 Å². The van der Waals surface area contributed by atoms with Crippen molar-refractivity contribution in [3.63, 3.8) is 0 Å². The van der Waals surface area contributed by atoms with E-state index in [2.05, 4.69) is 25.8 Å². The Hall–Kier alpha value is -2.61. The van der Waals surface area contributed by atoms with Crippen molar-refractivity contribution in [1.29, 1.82) is 0 Å². The van der Waals surface area contributed by atoms with Crippen LogP contribution < -0.4 is 10.6 Å². The number of nitrogens with one attached hydrogen (secondary N) is 2. The van der Waals surface area contributed by atoms with E-state index < -0.39 is 0 Å². The molecule has 1 amide bonds. The molecule has 3 rings (SSSR count). The molecular weight excluding hydrogens is 392 g/mol. The minimum atomic E-state index is 0.198. The molecule has 1 aliphatic rings. The molecule has 8 nitrogen and oxygen atoms in total. The molecule has 1 fully saturated rings. The maximum Gasteiger partial charge on any atom is 0.228 e. The average Bonchev–Trinajstić information content (AvgIpc) is 3.38. The van der Waals surface area contributed by atoms with Crippen LogP contribution in [0.25, 0.3) is 11.4 Å². The molecular formula is C20H27ClN6O2. The second-order valence-corrected chi connectivity index (χ2v) is 7.29. The second kappa shape index (κ2) is 10.2. The molecule has 1 aliphatic heterocycles. The normalized spacial score (nSPS) is 16.9. The van der Waals surface area contributed by atoms with Gasteiger partial charge in [0.1, 0.15) is 0 Å². The first-order chi connectivity index (χ1) is 14.1. The average molecular weight is 419 g/mol. The van der Waals surface area contributed by atoms with Gasteiger partial charge in [-0.05, 0) is 37.6 Å². The number of aromatic nitrogens is 2. The number of hydrogen-bond acceptors (Lipinski definition) is 5. The molecule has 9 heteroatoms. The third kappa shape index (κ3) is 5.93. The topological polar surface area (TPSA) is 95.7 Å². The molecule has 2 aromatic rings. The molecule has 0 bridgehead atoms. The minimum Gasteiger partial charge on any atom is -0.357 e. The first-order valence-corrected chi connectivity index (χ1v) is 10.4. The lowest BCUT2D eigenvalue weighted by Gasteiger charge is -2.18. The highest BCUT2D eigenvalue weighted by Gasteiger charge is 2.25. The van der Waals surface area contributed by atoms with E-state index in [4.69, 9.17) is 16.1 Å². The third-order valence-corrected chi connectivity index (χ3v) is 4.95. The fraction of sp³-hybridized carbons (Fsp3) is 0.500. The summed E-state index contributed by atoms with van der Waals surface area (Å²) >= 11 is 5.91. The Labute approximate surface area is 175 Å². The Bertz CT molecular complexity index is 836. The summed E-state index contributed by atoms with van der Waals surface area (Å²) in [6.07, 6.45) is 2.01. The molecule has 29 heavy (non-hydrogen) atoms. The predicted molar refractivity (Wildman–Crippen MR) is 113 cm³/mol. The maximum atomic E-state index is 11.8. The van der Waals surface area contributed by atoms with Crippen LogP contribution in [0.3, 0.4) is 0 Å². The van der Waals surface area contributed by atoms with E-state index in [0.29, 0.717) is 42.7 Å². The quantitative estimate of drug-likeness (QED) is 0.529. The summed E-state index contributed by atoms with van der Waals surface area (Å²) in [6.45, 7) is 6.70. The predicted octanol–water partition coefficient (Wildman–Crippen LogP) is 2.50. The molecule has 2 N–H and O–H groups in total. The van der Waals surface area contributed by atoms with Crippen LogP contribution in [0.4, 0.5) is 0 Å². The number of guanidine groups is 1. The molecule has 0 spiro atoms. The Morgan fingerprint density at radius 1 is 1.34 bits per heavy atom. The van der Waals surface area contributed by atoms with Crippen molar-refractivity contribution in [2.75, 3.05) is 26.2 Å². The van der Waals surface area contributed by atoms with Crippen LogP contribution in [0.5, 0.6) is 0 Å². The van der Waals surface area contributed by atoms with Crippen molar-refractivity contribution >= 4 is 23.5 Å². The molecule has 0 saturated carbocycles. The number of hydrogen-bond donors (Lipinski definition) is 2. The highest BCUT2D eigenvalue weighted by molar-refractivity contribution is 6.30. The molecule has 1 aromatic heterocycles.